The van der Waals surface area contributed by atoms with Crippen LogP contribution in [0.1, 0.15) is 16.1 Å². The lowest BCUT2D eigenvalue weighted by Crippen LogP contribution is -2.28. The van der Waals surface area contributed by atoms with Crippen molar-refractivity contribution in [3.05, 3.63) is 132 Å². The molecule has 5 aromatic carbocycles. The number of halogens is 2. The molecule has 0 radical (unpaired) electrons. The van der Waals surface area contributed by atoms with Gasteiger partial charge in [0, 0.05) is 19.3 Å². The first-order valence-corrected chi connectivity index (χ1v) is 12.2. The van der Waals surface area contributed by atoms with Gasteiger partial charge < -0.3 is 4.90 Å². The van der Waals surface area contributed by atoms with Crippen LogP contribution in [0.3, 0.4) is 0 Å². The number of carbonyl (C=O) groups excluding carboxylic acids is 1. The fourth-order valence-corrected chi connectivity index (χ4v) is 4.93. The Balaban J connectivity index is 1.30. The summed E-state index contributed by atoms with van der Waals surface area (Å²) >= 11 is 0. The fourth-order valence-electron chi connectivity index (χ4n) is 4.93. The third-order valence-electron chi connectivity index (χ3n) is 6.88. The van der Waals surface area contributed by atoms with Crippen LogP contribution in [0.25, 0.3) is 38.4 Å². The van der Waals surface area contributed by atoms with Crippen molar-refractivity contribution in [2.75, 3.05) is 7.05 Å². The minimum atomic E-state index is -0.893. The number of benzene rings is 5. The number of hydrogen-bond donors (Lipinski definition) is 0. The second-order valence-corrected chi connectivity index (χ2v) is 9.28. The predicted molar refractivity (Wildman–Crippen MR) is 146 cm³/mol. The Morgan fingerprint density at radius 3 is 2.08 bits per heavy atom. The van der Waals surface area contributed by atoms with Gasteiger partial charge in [-0.3, -0.25) is 9.36 Å². The van der Waals surface area contributed by atoms with Gasteiger partial charge in [-0.15, -0.1) is 0 Å². The highest BCUT2D eigenvalue weighted by molar-refractivity contribution is 6.02. The molecule has 186 valence electrons. The van der Waals surface area contributed by atoms with E-state index in [1.54, 1.807) is 29.0 Å². The highest BCUT2D eigenvalue weighted by atomic mass is 19.2. The molecule has 6 aromatic rings. The maximum absolute atomic E-state index is 13.7. The molecule has 0 saturated carbocycles. The molecule has 1 amide bonds. The van der Waals surface area contributed by atoms with Gasteiger partial charge in [-0.05, 0) is 68.6 Å². The first-order chi connectivity index (χ1) is 18.5. The topological polar surface area (TPSA) is 38.1 Å². The highest BCUT2D eigenvalue weighted by Gasteiger charge is 2.20. The SMILES string of the molecule is CN(Cc1c2ccccc2cc2ccccc12)C(=O)c1cncn1-c1ccc(-c2ccc(F)c(F)c2)cc1. The number of hydrogen-bond acceptors (Lipinski definition) is 2. The molecule has 0 aliphatic carbocycles. The molecule has 0 unspecified atom stereocenters. The largest absolute Gasteiger partial charge is 0.336 e. The quantitative estimate of drug-likeness (QED) is 0.230. The molecule has 0 aliphatic rings. The molecule has 0 spiro atoms. The van der Waals surface area contributed by atoms with Gasteiger partial charge in [0.1, 0.15) is 5.69 Å². The lowest BCUT2D eigenvalue weighted by atomic mass is 9.96. The first-order valence-electron chi connectivity index (χ1n) is 12.2. The third-order valence-corrected chi connectivity index (χ3v) is 6.88. The number of amides is 1. The van der Waals surface area contributed by atoms with E-state index < -0.39 is 11.6 Å². The van der Waals surface area contributed by atoms with Crippen LogP contribution in [-0.4, -0.2) is 27.4 Å². The average molecular weight is 504 g/mol. The molecule has 0 fully saturated rings. The second-order valence-electron chi connectivity index (χ2n) is 9.28. The van der Waals surface area contributed by atoms with Crippen molar-refractivity contribution < 1.29 is 13.6 Å². The van der Waals surface area contributed by atoms with Gasteiger partial charge in [0.2, 0.25) is 0 Å². The van der Waals surface area contributed by atoms with E-state index in [0.29, 0.717) is 17.8 Å². The van der Waals surface area contributed by atoms with Crippen LogP contribution in [-0.2, 0) is 6.54 Å². The Morgan fingerprint density at radius 1 is 0.789 bits per heavy atom. The smallest absolute Gasteiger partial charge is 0.272 e. The normalized spacial score (nSPS) is 11.2. The zero-order valence-corrected chi connectivity index (χ0v) is 20.6. The Bertz CT molecular complexity index is 1750. The molecule has 0 bridgehead atoms. The Labute approximate surface area is 218 Å². The van der Waals surface area contributed by atoms with Gasteiger partial charge in [-0.25, -0.2) is 13.8 Å². The number of fused-ring (bicyclic) bond motifs is 2. The lowest BCUT2D eigenvalue weighted by Gasteiger charge is -2.21. The van der Waals surface area contributed by atoms with Crippen molar-refractivity contribution in [3.63, 3.8) is 0 Å². The van der Waals surface area contributed by atoms with Gasteiger partial charge in [-0.2, -0.15) is 0 Å². The molecule has 0 aliphatic heterocycles. The van der Waals surface area contributed by atoms with Crippen LogP contribution in [0.4, 0.5) is 8.78 Å². The summed E-state index contributed by atoms with van der Waals surface area (Å²) < 4.78 is 28.7. The van der Waals surface area contributed by atoms with E-state index in [2.05, 4.69) is 35.3 Å². The summed E-state index contributed by atoms with van der Waals surface area (Å²) in [6, 6.07) is 29.7. The molecule has 38 heavy (non-hydrogen) atoms. The molecule has 0 N–H and O–H groups in total. The van der Waals surface area contributed by atoms with Crippen molar-refractivity contribution in [3.8, 4) is 16.8 Å². The summed E-state index contributed by atoms with van der Waals surface area (Å²) in [6.07, 6.45) is 3.16. The maximum atomic E-state index is 13.7. The van der Waals surface area contributed by atoms with Crippen LogP contribution >= 0.6 is 0 Å². The summed E-state index contributed by atoms with van der Waals surface area (Å²) in [5.74, 6) is -1.94. The minimum absolute atomic E-state index is 0.163. The Kier molecular flexibility index (Phi) is 5.92. The van der Waals surface area contributed by atoms with Crippen LogP contribution in [0, 0.1) is 11.6 Å². The van der Waals surface area contributed by atoms with Crippen molar-refractivity contribution in [1.82, 2.24) is 14.5 Å². The number of rotatable bonds is 5. The number of imidazole rings is 1. The van der Waals surface area contributed by atoms with Crippen molar-refractivity contribution in [1.29, 1.82) is 0 Å². The minimum Gasteiger partial charge on any atom is -0.336 e. The van der Waals surface area contributed by atoms with E-state index in [-0.39, 0.29) is 5.91 Å². The van der Waals surface area contributed by atoms with Gasteiger partial charge in [0.25, 0.3) is 5.91 Å². The number of carbonyl (C=O) groups is 1. The van der Waals surface area contributed by atoms with E-state index in [4.69, 9.17) is 0 Å². The zero-order valence-electron chi connectivity index (χ0n) is 20.6. The summed E-state index contributed by atoms with van der Waals surface area (Å²) in [5.41, 5.74) is 3.57. The van der Waals surface area contributed by atoms with Crippen molar-refractivity contribution in [2.45, 2.75) is 6.54 Å². The summed E-state index contributed by atoms with van der Waals surface area (Å²) in [5, 5.41) is 4.50. The maximum Gasteiger partial charge on any atom is 0.272 e. The molecule has 1 aromatic heterocycles. The standard InChI is InChI=1S/C32H23F2N3O/c1-36(19-28-26-8-4-2-6-23(26)16-24-7-3-5-9-27(24)28)32(38)31-18-35-20-37(31)25-13-10-21(11-14-25)22-12-15-29(33)30(34)17-22/h2-18,20H,19H2,1H3. The molecular weight excluding hydrogens is 480 g/mol. The number of aromatic nitrogens is 2. The molecule has 1 heterocycles. The van der Waals surface area contributed by atoms with Crippen LogP contribution in [0.15, 0.2) is 110 Å². The summed E-state index contributed by atoms with van der Waals surface area (Å²) in [7, 11) is 1.79. The first kappa shape index (κ1) is 23.6. The molecule has 6 rings (SSSR count). The molecule has 0 atom stereocenters. The average Bonchev–Trinajstić information content (AvgIpc) is 3.44. The van der Waals surface area contributed by atoms with Crippen molar-refractivity contribution in [2.24, 2.45) is 0 Å². The van der Waals surface area contributed by atoms with E-state index >= 15 is 0 Å². The van der Waals surface area contributed by atoms with Crippen molar-refractivity contribution >= 4 is 27.5 Å². The van der Waals surface area contributed by atoms with Gasteiger partial charge in [0.15, 0.2) is 11.6 Å². The van der Waals surface area contributed by atoms with E-state index in [0.717, 1.165) is 44.4 Å². The summed E-state index contributed by atoms with van der Waals surface area (Å²) in [6.45, 7) is 0.431. The number of nitrogens with zero attached hydrogens (tertiary/aromatic N) is 3. The summed E-state index contributed by atoms with van der Waals surface area (Å²) in [4.78, 5) is 19.6. The van der Waals surface area contributed by atoms with Crippen LogP contribution in [0.5, 0.6) is 0 Å². The van der Waals surface area contributed by atoms with E-state index in [1.165, 1.54) is 12.1 Å². The molecular formula is C32H23F2N3O. The van der Waals surface area contributed by atoms with Gasteiger partial charge >= 0.3 is 0 Å². The Morgan fingerprint density at radius 2 is 1.42 bits per heavy atom. The van der Waals surface area contributed by atoms with E-state index in [9.17, 15) is 13.6 Å². The predicted octanol–water partition coefficient (Wildman–Crippen LogP) is 7.40. The monoisotopic (exact) mass is 503 g/mol. The molecule has 4 nitrogen and oxygen atoms in total. The van der Waals surface area contributed by atoms with Gasteiger partial charge in [0.05, 0.1) is 12.5 Å². The molecule has 6 heteroatoms. The van der Waals surface area contributed by atoms with Crippen LogP contribution in [0.2, 0.25) is 0 Å². The highest BCUT2D eigenvalue weighted by Crippen LogP contribution is 2.30. The van der Waals surface area contributed by atoms with E-state index in [1.807, 2.05) is 48.5 Å². The lowest BCUT2D eigenvalue weighted by molar-refractivity contribution is 0.0778. The third kappa shape index (κ3) is 4.20. The Hall–Kier alpha value is -4.84. The second kappa shape index (κ2) is 9.56. The van der Waals surface area contributed by atoms with Gasteiger partial charge in [-0.1, -0.05) is 66.7 Å². The molecule has 0 saturated heterocycles. The van der Waals surface area contributed by atoms with Crippen LogP contribution < -0.4 is 0 Å². The zero-order chi connectivity index (χ0) is 26.2. The fraction of sp³-hybridized carbons (Fsp3) is 0.0625.